The molecule has 0 atom stereocenters. The molecule has 1 aliphatic heterocycles. The van der Waals surface area contributed by atoms with Crippen LogP contribution in [0.25, 0.3) is 22.2 Å². The van der Waals surface area contributed by atoms with E-state index in [2.05, 4.69) is 56.4 Å². The van der Waals surface area contributed by atoms with Gasteiger partial charge in [-0.25, -0.2) is 0 Å². The van der Waals surface area contributed by atoms with Gasteiger partial charge in [-0.2, -0.15) is 9.97 Å². The van der Waals surface area contributed by atoms with E-state index in [-0.39, 0.29) is 0 Å². The molecule has 1 aliphatic rings. The maximum atomic E-state index is 6.05. The summed E-state index contributed by atoms with van der Waals surface area (Å²) in [4.78, 5) is 17.6. The number of likely N-dealkylation sites (N-methyl/N-ethyl adjacent to an activating group) is 1. The fourth-order valence-electron chi connectivity index (χ4n) is 5.21. The molecule has 3 heterocycles. The van der Waals surface area contributed by atoms with Gasteiger partial charge >= 0.3 is 0 Å². The number of piperazine rings is 1. The molecule has 0 bridgehead atoms. The van der Waals surface area contributed by atoms with Crippen LogP contribution in [0.5, 0.6) is 17.4 Å². The second-order valence-electron chi connectivity index (χ2n) is 10.5. The van der Waals surface area contributed by atoms with Crippen molar-refractivity contribution in [2.45, 2.75) is 13.2 Å². The average molecular weight is 565 g/mol. The number of nitrogens with one attached hydrogen (secondary N) is 2. The van der Waals surface area contributed by atoms with E-state index in [9.17, 15) is 0 Å². The molecule has 0 amide bonds. The smallest absolute Gasteiger partial charge is 0.232 e. The van der Waals surface area contributed by atoms with Gasteiger partial charge in [0, 0.05) is 50.2 Å². The van der Waals surface area contributed by atoms with Gasteiger partial charge in [-0.3, -0.25) is 4.90 Å². The van der Waals surface area contributed by atoms with Gasteiger partial charge in [0.15, 0.2) is 11.5 Å². The van der Waals surface area contributed by atoms with Crippen molar-refractivity contribution in [2.24, 2.45) is 0 Å². The van der Waals surface area contributed by atoms with E-state index in [4.69, 9.17) is 19.2 Å². The van der Waals surface area contributed by atoms with E-state index in [1.807, 2.05) is 54.7 Å². The summed E-state index contributed by atoms with van der Waals surface area (Å²) in [5, 5.41) is 4.13. The zero-order chi connectivity index (χ0) is 28.9. The lowest BCUT2D eigenvalue weighted by atomic mass is 10.1. The van der Waals surface area contributed by atoms with Gasteiger partial charge < -0.3 is 29.4 Å². The van der Waals surface area contributed by atoms with Crippen LogP contribution in [-0.4, -0.2) is 72.2 Å². The molecule has 5 aromatic rings. The number of nitrogens with zero attached hydrogens (tertiary/aromatic N) is 4. The van der Waals surface area contributed by atoms with Crippen LogP contribution in [0.15, 0.2) is 79.0 Å². The number of fused-ring (bicyclic) bond motifs is 1. The predicted molar refractivity (Wildman–Crippen MR) is 166 cm³/mol. The Balaban J connectivity index is 1.19. The molecule has 2 aromatic heterocycles. The van der Waals surface area contributed by atoms with Crippen molar-refractivity contribution in [3.05, 3.63) is 90.1 Å². The Bertz CT molecular complexity index is 1630. The van der Waals surface area contributed by atoms with E-state index in [0.717, 1.165) is 60.5 Å². The molecule has 42 heavy (non-hydrogen) atoms. The van der Waals surface area contributed by atoms with Crippen LogP contribution in [0.1, 0.15) is 11.1 Å². The van der Waals surface area contributed by atoms with E-state index in [0.29, 0.717) is 35.6 Å². The highest BCUT2D eigenvalue weighted by Crippen LogP contribution is 2.38. The second-order valence-corrected chi connectivity index (χ2v) is 10.5. The fourth-order valence-corrected chi connectivity index (χ4v) is 5.21. The number of aromatic amines is 1. The minimum atomic E-state index is 0.458. The maximum absolute atomic E-state index is 6.05. The number of H-pyrrole nitrogens is 1. The van der Waals surface area contributed by atoms with Crippen molar-refractivity contribution < 1.29 is 14.2 Å². The molecule has 9 heteroatoms. The topological polar surface area (TPSA) is 87.8 Å². The van der Waals surface area contributed by atoms with Crippen molar-refractivity contribution in [3.8, 4) is 28.5 Å². The third kappa shape index (κ3) is 6.17. The first-order chi connectivity index (χ1) is 20.6. The standard InChI is InChI=1S/C33H36N6O3/c1-38-15-17-39(18-16-38)21-23-9-12-26(13-10-23)35-33-36-31-30(32(37-33)41-3)27(20-34-31)25-11-14-28(29(19-25)40-2)42-22-24-7-5-4-6-8-24/h4-14,19-20H,15-18,21-22H2,1-3H3,(H2,34,35,36,37). The Morgan fingerprint density at radius 1 is 0.833 bits per heavy atom. The summed E-state index contributed by atoms with van der Waals surface area (Å²) in [6, 6.07) is 24.4. The summed E-state index contributed by atoms with van der Waals surface area (Å²) in [6.45, 7) is 5.84. The average Bonchev–Trinajstić information content (AvgIpc) is 3.46. The molecule has 0 unspecified atom stereocenters. The van der Waals surface area contributed by atoms with Gasteiger partial charge in [0.25, 0.3) is 0 Å². The summed E-state index contributed by atoms with van der Waals surface area (Å²) in [5.74, 6) is 2.26. The van der Waals surface area contributed by atoms with E-state index in [1.165, 1.54) is 5.56 Å². The van der Waals surface area contributed by atoms with Gasteiger partial charge in [0.2, 0.25) is 11.8 Å². The van der Waals surface area contributed by atoms with E-state index in [1.54, 1.807) is 14.2 Å². The molecule has 0 radical (unpaired) electrons. The number of hydrogen-bond acceptors (Lipinski definition) is 8. The first-order valence-electron chi connectivity index (χ1n) is 14.1. The predicted octanol–water partition coefficient (Wildman–Crippen LogP) is 5.71. The molecule has 0 aliphatic carbocycles. The maximum Gasteiger partial charge on any atom is 0.232 e. The first kappa shape index (κ1) is 27.6. The molecule has 0 saturated carbocycles. The van der Waals surface area contributed by atoms with Gasteiger partial charge in [0.1, 0.15) is 12.3 Å². The van der Waals surface area contributed by atoms with Gasteiger partial charge in [-0.15, -0.1) is 0 Å². The number of benzene rings is 3. The minimum Gasteiger partial charge on any atom is -0.493 e. The van der Waals surface area contributed by atoms with Crippen molar-refractivity contribution in [3.63, 3.8) is 0 Å². The quantitative estimate of drug-likeness (QED) is 0.223. The molecule has 3 aromatic carbocycles. The normalized spacial score (nSPS) is 14.2. The van der Waals surface area contributed by atoms with Crippen LogP contribution >= 0.6 is 0 Å². The third-order valence-corrected chi connectivity index (χ3v) is 7.62. The number of aromatic nitrogens is 3. The van der Waals surface area contributed by atoms with Crippen LogP contribution in [0.4, 0.5) is 11.6 Å². The minimum absolute atomic E-state index is 0.458. The van der Waals surface area contributed by atoms with E-state index >= 15 is 0 Å². The Kier molecular flexibility index (Phi) is 8.21. The molecule has 1 fully saturated rings. The van der Waals surface area contributed by atoms with Crippen molar-refractivity contribution in [1.29, 1.82) is 0 Å². The molecular formula is C33H36N6O3. The number of rotatable bonds is 10. The number of ether oxygens (including phenoxy) is 3. The number of hydrogen-bond donors (Lipinski definition) is 2. The Morgan fingerprint density at radius 3 is 2.36 bits per heavy atom. The molecular weight excluding hydrogens is 528 g/mol. The highest BCUT2D eigenvalue weighted by molar-refractivity contribution is 5.98. The lowest BCUT2D eigenvalue weighted by molar-refractivity contribution is 0.148. The molecule has 1 saturated heterocycles. The summed E-state index contributed by atoms with van der Waals surface area (Å²) in [5.41, 5.74) is 5.82. The Labute approximate surface area is 246 Å². The number of methoxy groups -OCH3 is 2. The van der Waals surface area contributed by atoms with Gasteiger partial charge in [0.05, 0.1) is 19.6 Å². The van der Waals surface area contributed by atoms with E-state index < -0.39 is 0 Å². The van der Waals surface area contributed by atoms with Gasteiger partial charge in [-0.05, 0) is 48.0 Å². The third-order valence-electron chi connectivity index (χ3n) is 7.62. The summed E-state index contributed by atoms with van der Waals surface area (Å²) >= 11 is 0. The molecule has 9 nitrogen and oxygen atoms in total. The second kappa shape index (κ2) is 12.5. The summed E-state index contributed by atoms with van der Waals surface area (Å²) < 4.78 is 17.4. The molecule has 6 rings (SSSR count). The largest absolute Gasteiger partial charge is 0.493 e. The van der Waals surface area contributed by atoms with Crippen molar-refractivity contribution >= 4 is 22.7 Å². The lowest BCUT2D eigenvalue weighted by Crippen LogP contribution is -2.43. The van der Waals surface area contributed by atoms with Crippen LogP contribution < -0.4 is 19.5 Å². The summed E-state index contributed by atoms with van der Waals surface area (Å²) in [7, 11) is 5.44. The zero-order valence-electron chi connectivity index (χ0n) is 24.3. The zero-order valence-corrected chi connectivity index (χ0v) is 24.3. The van der Waals surface area contributed by atoms with Crippen LogP contribution in [0.3, 0.4) is 0 Å². The van der Waals surface area contributed by atoms with Crippen molar-refractivity contribution in [1.82, 2.24) is 24.8 Å². The SMILES string of the molecule is COc1cc(-c2c[nH]c3nc(Nc4ccc(CN5CCN(C)CC5)cc4)nc(OC)c23)ccc1OCc1ccccc1. The Hall–Kier alpha value is -4.60. The molecule has 0 spiro atoms. The van der Waals surface area contributed by atoms with Crippen molar-refractivity contribution in [2.75, 3.05) is 52.8 Å². The first-order valence-corrected chi connectivity index (χ1v) is 14.1. The molecule has 216 valence electrons. The van der Waals surface area contributed by atoms with Crippen LogP contribution in [0, 0.1) is 0 Å². The van der Waals surface area contributed by atoms with Gasteiger partial charge in [-0.1, -0.05) is 48.5 Å². The van der Waals surface area contributed by atoms with Crippen LogP contribution in [0.2, 0.25) is 0 Å². The number of anilines is 2. The van der Waals surface area contributed by atoms with Crippen LogP contribution in [-0.2, 0) is 13.2 Å². The monoisotopic (exact) mass is 564 g/mol. The highest BCUT2D eigenvalue weighted by Gasteiger charge is 2.18. The lowest BCUT2D eigenvalue weighted by Gasteiger charge is -2.32. The molecule has 2 N–H and O–H groups in total. The summed E-state index contributed by atoms with van der Waals surface area (Å²) in [6.07, 6.45) is 1.91. The fraction of sp³-hybridized carbons (Fsp3) is 0.273. The Morgan fingerprint density at radius 2 is 1.62 bits per heavy atom. The highest BCUT2D eigenvalue weighted by atomic mass is 16.5.